The molecule has 0 aromatic carbocycles. The van der Waals surface area contributed by atoms with Crippen molar-refractivity contribution in [2.75, 3.05) is 0 Å². The van der Waals surface area contributed by atoms with Crippen LogP contribution in [0.2, 0.25) is 0 Å². The Balaban J connectivity index is 2.11. The Kier molecular flexibility index (Phi) is 2.30. The molecule has 0 amide bonds. The molecule has 2 aromatic heterocycles. The molecule has 3 rings (SSSR count). The first-order valence-corrected chi connectivity index (χ1v) is 6.40. The van der Waals surface area contributed by atoms with E-state index in [0.29, 0.717) is 0 Å². The molecular formula is C12H14BrN3. The number of aromatic amines is 1. The fourth-order valence-electron chi connectivity index (χ4n) is 2.53. The summed E-state index contributed by atoms with van der Waals surface area (Å²) in [7, 11) is 0. The SMILES string of the molecule is NC1(c2cc3ncc(Br)cc3[nH]2)CCCC1. The van der Waals surface area contributed by atoms with E-state index in [1.165, 1.54) is 12.8 Å². The van der Waals surface area contributed by atoms with E-state index in [0.717, 1.165) is 34.0 Å². The topological polar surface area (TPSA) is 54.7 Å². The van der Waals surface area contributed by atoms with E-state index in [-0.39, 0.29) is 5.54 Å². The lowest BCUT2D eigenvalue weighted by atomic mass is 9.95. The second kappa shape index (κ2) is 3.57. The minimum absolute atomic E-state index is 0.160. The highest BCUT2D eigenvalue weighted by atomic mass is 79.9. The van der Waals surface area contributed by atoms with Gasteiger partial charge in [-0.25, -0.2) is 0 Å². The standard InChI is InChI=1S/C12H14BrN3/c13-8-5-10-9(15-7-8)6-11(16-10)12(14)3-1-2-4-12/h5-7,16H,1-4,14H2. The maximum Gasteiger partial charge on any atom is 0.0883 e. The molecule has 0 atom stereocenters. The number of fused-ring (bicyclic) bond motifs is 1. The summed E-state index contributed by atoms with van der Waals surface area (Å²) in [5.41, 5.74) is 9.43. The van der Waals surface area contributed by atoms with Gasteiger partial charge in [-0.3, -0.25) is 4.98 Å². The molecule has 0 radical (unpaired) electrons. The van der Waals surface area contributed by atoms with Crippen molar-refractivity contribution in [2.45, 2.75) is 31.2 Å². The van der Waals surface area contributed by atoms with Crippen molar-refractivity contribution in [2.24, 2.45) is 5.73 Å². The number of nitrogens with one attached hydrogen (secondary N) is 1. The summed E-state index contributed by atoms with van der Waals surface area (Å²) in [6.07, 6.45) is 6.41. The number of rotatable bonds is 1. The van der Waals surface area contributed by atoms with Gasteiger partial charge < -0.3 is 10.7 Å². The number of aromatic nitrogens is 2. The van der Waals surface area contributed by atoms with Gasteiger partial charge >= 0.3 is 0 Å². The summed E-state index contributed by atoms with van der Waals surface area (Å²) in [4.78, 5) is 7.77. The number of hydrogen-bond acceptors (Lipinski definition) is 2. The summed E-state index contributed by atoms with van der Waals surface area (Å²) in [5.74, 6) is 0. The first kappa shape index (κ1) is 10.3. The van der Waals surface area contributed by atoms with Gasteiger partial charge in [-0.1, -0.05) is 12.8 Å². The molecule has 3 N–H and O–H groups in total. The van der Waals surface area contributed by atoms with Crippen molar-refractivity contribution in [1.29, 1.82) is 0 Å². The molecule has 0 bridgehead atoms. The molecule has 0 aliphatic heterocycles. The first-order valence-electron chi connectivity index (χ1n) is 5.61. The van der Waals surface area contributed by atoms with Gasteiger partial charge in [-0.2, -0.15) is 0 Å². The average molecular weight is 280 g/mol. The van der Waals surface area contributed by atoms with Crippen LogP contribution in [0.15, 0.2) is 22.8 Å². The average Bonchev–Trinajstić information content (AvgIpc) is 2.84. The normalized spacial score (nSPS) is 19.4. The van der Waals surface area contributed by atoms with E-state index < -0.39 is 0 Å². The highest BCUT2D eigenvalue weighted by Gasteiger charge is 2.32. The van der Waals surface area contributed by atoms with Gasteiger partial charge in [0, 0.05) is 16.4 Å². The molecule has 2 aromatic rings. The quantitative estimate of drug-likeness (QED) is 0.843. The zero-order valence-electron chi connectivity index (χ0n) is 8.96. The van der Waals surface area contributed by atoms with Crippen molar-refractivity contribution >= 4 is 27.0 Å². The van der Waals surface area contributed by atoms with Crippen LogP contribution in [0.3, 0.4) is 0 Å². The third-order valence-corrected chi connectivity index (χ3v) is 3.90. The largest absolute Gasteiger partial charge is 0.356 e. The van der Waals surface area contributed by atoms with E-state index in [2.05, 4.69) is 32.0 Å². The van der Waals surface area contributed by atoms with Crippen molar-refractivity contribution in [3.8, 4) is 0 Å². The van der Waals surface area contributed by atoms with E-state index in [9.17, 15) is 0 Å². The van der Waals surface area contributed by atoms with Crippen molar-refractivity contribution in [3.05, 3.63) is 28.5 Å². The monoisotopic (exact) mass is 279 g/mol. The van der Waals surface area contributed by atoms with Gasteiger partial charge in [-0.15, -0.1) is 0 Å². The molecule has 84 valence electrons. The number of hydrogen-bond donors (Lipinski definition) is 2. The van der Waals surface area contributed by atoms with Crippen molar-refractivity contribution in [3.63, 3.8) is 0 Å². The van der Waals surface area contributed by atoms with Crippen LogP contribution in [0.4, 0.5) is 0 Å². The Hall–Kier alpha value is -0.870. The van der Waals surface area contributed by atoms with Gasteiger partial charge in [0.25, 0.3) is 0 Å². The molecule has 4 heteroatoms. The van der Waals surface area contributed by atoms with Crippen LogP contribution in [0.5, 0.6) is 0 Å². The van der Waals surface area contributed by atoms with Gasteiger partial charge in [-0.05, 0) is 40.9 Å². The minimum Gasteiger partial charge on any atom is -0.356 e. The Labute approximate surface area is 103 Å². The minimum atomic E-state index is -0.160. The Morgan fingerprint density at radius 1 is 1.31 bits per heavy atom. The zero-order chi connectivity index (χ0) is 11.2. The van der Waals surface area contributed by atoms with Gasteiger partial charge in [0.05, 0.1) is 16.6 Å². The zero-order valence-corrected chi connectivity index (χ0v) is 10.5. The molecule has 0 spiro atoms. The predicted octanol–water partition coefficient (Wildman–Crippen LogP) is 3.05. The fraction of sp³-hybridized carbons (Fsp3) is 0.417. The van der Waals surface area contributed by atoms with E-state index in [1.54, 1.807) is 0 Å². The summed E-state index contributed by atoms with van der Waals surface area (Å²) in [5, 5.41) is 0. The Morgan fingerprint density at radius 3 is 2.81 bits per heavy atom. The highest BCUT2D eigenvalue weighted by molar-refractivity contribution is 9.10. The Bertz CT molecular complexity index is 526. The lowest BCUT2D eigenvalue weighted by Crippen LogP contribution is -2.33. The van der Waals surface area contributed by atoms with Crippen LogP contribution in [0.25, 0.3) is 11.0 Å². The van der Waals surface area contributed by atoms with E-state index in [4.69, 9.17) is 5.73 Å². The molecule has 1 saturated carbocycles. The second-order valence-electron chi connectivity index (χ2n) is 4.63. The summed E-state index contributed by atoms with van der Waals surface area (Å²) in [6.45, 7) is 0. The van der Waals surface area contributed by atoms with Crippen molar-refractivity contribution in [1.82, 2.24) is 9.97 Å². The van der Waals surface area contributed by atoms with Crippen LogP contribution in [0, 0.1) is 0 Å². The number of H-pyrrole nitrogens is 1. The summed E-state index contributed by atoms with van der Waals surface area (Å²) < 4.78 is 0.992. The number of nitrogens with zero attached hydrogens (tertiary/aromatic N) is 1. The lowest BCUT2D eigenvalue weighted by Gasteiger charge is -2.21. The second-order valence-corrected chi connectivity index (χ2v) is 5.55. The lowest BCUT2D eigenvalue weighted by molar-refractivity contribution is 0.450. The molecule has 0 unspecified atom stereocenters. The van der Waals surface area contributed by atoms with Gasteiger partial charge in [0.1, 0.15) is 0 Å². The summed E-state index contributed by atoms with van der Waals surface area (Å²) in [6, 6.07) is 4.14. The molecule has 1 aliphatic rings. The van der Waals surface area contributed by atoms with E-state index in [1.807, 2.05) is 12.3 Å². The third-order valence-electron chi connectivity index (χ3n) is 3.47. The molecule has 1 aliphatic carbocycles. The fourth-order valence-corrected chi connectivity index (χ4v) is 2.86. The van der Waals surface area contributed by atoms with Crippen LogP contribution in [-0.4, -0.2) is 9.97 Å². The molecule has 1 fully saturated rings. The molecule has 3 nitrogen and oxygen atoms in total. The van der Waals surface area contributed by atoms with Gasteiger partial charge in [0.2, 0.25) is 0 Å². The molecule has 2 heterocycles. The number of halogens is 1. The van der Waals surface area contributed by atoms with Crippen LogP contribution in [-0.2, 0) is 5.54 Å². The number of nitrogens with two attached hydrogens (primary N) is 1. The smallest absolute Gasteiger partial charge is 0.0883 e. The molecular weight excluding hydrogens is 266 g/mol. The van der Waals surface area contributed by atoms with Gasteiger partial charge in [0.15, 0.2) is 0 Å². The first-order chi connectivity index (χ1) is 7.67. The maximum absolute atomic E-state index is 6.41. The van der Waals surface area contributed by atoms with E-state index >= 15 is 0 Å². The highest BCUT2D eigenvalue weighted by Crippen LogP contribution is 2.36. The third kappa shape index (κ3) is 1.57. The molecule has 16 heavy (non-hydrogen) atoms. The van der Waals surface area contributed by atoms with Crippen LogP contribution < -0.4 is 5.73 Å². The number of pyridine rings is 1. The maximum atomic E-state index is 6.41. The van der Waals surface area contributed by atoms with Crippen molar-refractivity contribution < 1.29 is 0 Å². The molecule has 0 saturated heterocycles. The van der Waals surface area contributed by atoms with Crippen LogP contribution >= 0.6 is 15.9 Å². The van der Waals surface area contributed by atoms with Crippen LogP contribution in [0.1, 0.15) is 31.4 Å². The summed E-state index contributed by atoms with van der Waals surface area (Å²) >= 11 is 3.42. The predicted molar refractivity (Wildman–Crippen MR) is 68.1 cm³/mol. The Morgan fingerprint density at radius 2 is 2.06 bits per heavy atom.